The fourth-order valence-corrected chi connectivity index (χ4v) is 5.85. The van der Waals surface area contributed by atoms with Crippen molar-refractivity contribution >= 4 is 37.9 Å². The van der Waals surface area contributed by atoms with Gasteiger partial charge < -0.3 is 0 Å². The molecule has 0 saturated heterocycles. The fourth-order valence-electron chi connectivity index (χ4n) is 2.83. The van der Waals surface area contributed by atoms with Crippen LogP contribution in [0, 0.1) is 0 Å². The highest BCUT2D eigenvalue weighted by atomic mass is 32.2. The van der Waals surface area contributed by atoms with Gasteiger partial charge in [-0.05, 0) is 24.3 Å². The Morgan fingerprint density at radius 3 is 1.35 bits per heavy atom. The lowest BCUT2D eigenvalue weighted by Crippen LogP contribution is -2.48. The summed E-state index contributed by atoms with van der Waals surface area (Å²) in [6, 6.07) is 8.36. The average molecular weight is 392 g/mol. The number of rotatable bonds is 0. The molecule has 0 radical (unpaired) electrons. The highest BCUT2D eigenvalue weighted by Gasteiger charge is 2.54. The Balaban J connectivity index is 1.86. The van der Waals surface area contributed by atoms with Crippen molar-refractivity contribution in [1.29, 1.82) is 0 Å². The van der Waals surface area contributed by atoms with Crippen molar-refractivity contribution in [2.75, 3.05) is 0 Å². The molecule has 0 atom stereocenters. The Bertz CT molecular complexity index is 1140. The van der Waals surface area contributed by atoms with Crippen molar-refractivity contribution in [3.63, 3.8) is 0 Å². The monoisotopic (exact) mass is 392 g/mol. The van der Waals surface area contributed by atoms with E-state index in [2.05, 4.69) is 0 Å². The Morgan fingerprint density at radius 1 is 0.654 bits per heavy atom. The molecule has 9 nitrogen and oxygen atoms in total. The predicted octanol–water partition coefficient (Wildman–Crippen LogP) is 0.796. The number of urea groups is 1. The van der Waals surface area contributed by atoms with Crippen LogP contribution in [-0.4, -0.2) is 43.3 Å². The number of imide groups is 2. The maximum Gasteiger partial charge on any atom is 0.362 e. The second-order valence-electron chi connectivity index (χ2n) is 5.42. The largest absolute Gasteiger partial charge is 0.362 e. The van der Waals surface area contributed by atoms with Gasteiger partial charge in [0.05, 0.1) is 11.1 Å². The number of hydrogen-bond acceptors (Lipinski definition) is 7. The quantitative estimate of drug-likeness (QED) is 0.649. The van der Waals surface area contributed by atoms with E-state index in [1.807, 2.05) is 0 Å². The highest BCUT2D eigenvalue weighted by Crippen LogP contribution is 2.35. The van der Waals surface area contributed by atoms with Crippen molar-refractivity contribution < 1.29 is 31.2 Å². The minimum absolute atomic E-state index is 0.195. The van der Waals surface area contributed by atoms with Crippen LogP contribution >= 0.6 is 0 Å². The molecule has 2 aliphatic rings. The van der Waals surface area contributed by atoms with Crippen LogP contribution in [0.4, 0.5) is 4.79 Å². The van der Waals surface area contributed by atoms with Crippen LogP contribution < -0.4 is 0 Å². The van der Waals surface area contributed by atoms with Crippen LogP contribution in [0.2, 0.25) is 0 Å². The first kappa shape index (κ1) is 16.4. The molecule has 0 fully saturated rings. The van der Waals surface area contributed by atoms with E-state index < -0.39 is 47.7 Å². The van der Waals surface area contributed by atoms with Gasteiger partial charge in [0.2, 0.25) is 0 Å². The summed E-state index contributed by atoms with van der Waals surface area (Å²) < 4.78 is 49.7. The zero-order valence-corrected chi connectivity index (χ0v) is 14.3. The van der Waals surface area contributed by atoms with Crippen LogP contribution in [0.25, 0.3) is 0 Å². The van der Waals surface area contributed by atoms with Gasteiger partial charge in [-0.25, -0.2) is 21.6 Å². The van der Waals surface area contributed by atoms with Gasteiger partial charge in [-0.2, -0.15) is 0 Å². The molecule has 2 aromatic carbocycles. The standard InChI is InChI=1S/C15H8N2O7S2/c18-13-9-5-1-3-7-11(9)25(21,22)16(13)15(20)17-14(19)10-6-2-4-8-12(10)26(17,23)24/h1-8H. The second kappa shape index (κ2) is 4.99. The summed E-state index contributed by atoms with van der Waals surface area (Å²) in [6.07, 6.45) is 0. The van der Waals surface area contributed by atoms with Crippen molar-refractivity contribution in [3.8, 4) is 0 Å². The lowest BCUT2D eigenvalue weighted by molar-refractivity contribution is 0.0840. The third-order valence-corrected chi connectivity index (χ3v) is 7.42. The molecule has 0 aliphatic carbocycles. The number of carbonyl (C=O) groups is 3. The summed E-state index contributed by atoms with van der Waals surface area (Å²) in [7, 11) is -9.23. The Morgan fingerprint density at radius 2 is 1.00 bits per heavy atom. The zero-order chi connectivity index (χ0) is 18.9. The van der Waals surface area contributed by atoms with Gasteiger partial charge in [0.15, 0.2) is 0 Å². The molecule has 0 bridgehead atoms. The molecule has 0 N–H and O–H groups in total. The molecule has 0 saturated carbocycles. The first-order valence-corrected chi connectivity index (χ1v) is 9.98. The van der Waals surface area contributed by atoms with E-state index in [4.69, 9.17) is 0 Å². The number of sulfonamides is 2. The van der Waals surface area contributed by atoms with Crippen molar-refractivity contribution in [1.82, 2.24) is 8.61 Å². The molecule has 132 valence electrons. The van der Waals surface area contributed by atoms with Crippen LogP contribution in [-0.2, 0) is 20.0 Å². The summed E-state index contributed by atoms with van der Waals surface area (Å²) in [4.78, 5) is 36.6. The van der Waals surface area contributed by atoms with Gasteiger partial charge >= 0.3 is 6.03 Å². The molecule has 2 aromatic rings. The minimum Gasteiger partial charge on any atom is -0.267 e. The summed E-state index contributed by atoms with van der Waals surface area (Å²) in [6.45, 7) is 0. The molecular formula is C15H8N2O7S2. The Labute approximate surface area is 147 Å². The van der Waals surface area contributed by atoms with Gasteiger partial charge in [-0.15, -0.1) is 8.61 Å². The Hall–Kier alpha value is -3.05. The maximum atomic E-state index is 12.7. The molecule has 11 heteroatoms. The van der Waals surface area contributed by atoms with Gasteiger partial charge in [-0.3, -0.25) is 9.59 Å². The zero-order valence-electron chi connectivity index (χ0n) is 12.7. The van der Waals surface area contributed by atoms with E-state index in [0.29, 0.717) is 0 Å². The topological polar surface area (TPSA) is 126 Å². The van der Waals surface area contributed by atoms with Crippen molar-refractivity contribution in [2.45, 2.75) is 9.79 Å². The van der Waals surface area contributed by atoms with E-state index in [1.165, 1.54) is 36.4 Å². The van der Waals surface area contributed by atoms with Crippen LogP contribution in [0.5, 0.6) is 0 Å². The van der Waals surface area contributed by atoms with Crippen LogP contribution in [0.3, 0.4) is 0 Å². The first-order chi connectivity index (χ1) is 12.2. The van der Waals surface area contributed by atoms with Gasteiger partial charge in [0.25, 0.3) is 31.9 Å². The van der Waals surface area contributed by atoms with Crippen molar-refractivity contribution in [2.24, 2.45) is 0 Å². The lowest BCUT2D eigenvalue weighted by atomic mass is 10.2. The molecule has 4 amide bonds. The van der Waals surface area contributed by atoms with Gasteiger partial charge in [0, 0.05) is 0 Å². The number of nitrogens with zero attached hydrogens (tertiary/aromatic N) is 2. The van der Waals surface area contributed by atoms with Crippen LogP contribution in [0.15, 0.2) is 58.3 Å². The smallest absolute Gasteiger partial charge is 0.267 e. The summed E-state index contributed by atoms with van der Waals surface area (Å²) in [5.74, 6) is -2.44. The van der Waals surface area contributed by atoms with E-state index in [-0.39, 0.29) is 19.7 Å². The number of amides is 4. The predicted molar refractivity (Wildman–Crippen MR) is 85.0 cm³/mol. The SMILES string of the molecule is O=C1c2ccccc2S(=O)(=O)N1C(=O)N1C(=O)c2ccccc2S1(=O)=O. The normalized spacial score (nSPS) is 19.4. The number of carbonyl (C=O) groups excluding carboxylic acids is 3. The van der Waals surface area contributed by atoms with E-state index in [1.54, 1.807) is 0 Å². The summed E-state index contributed by atoms with van der Waals surface area (Å²) in [5, 5.41) is 0. The van der Waals surface area contributed by atoms with E-state index in [0.717, 1.165) is 12.1 Å². The maximum absolute atomic E-state index is 12.7. The summed E-state index contributed by atoms with van der Waals surface area (Å²) >= 11 is 0. The summed E-state index contributed by atoms with van der Waals surface area (Å²) in [5.41, 5.74) is -0.551. The average Bonchev–Trinajstić information content (AvgIpc) is 2.93. The number of benzene rings is 2. The lowest BCUT2D eigenvalue weighted by Gasteiger charge is -2.19. The molecular weight excluding hydrogens is 384 g/mol. The molecule has 0 aromatic heterocycles. The molecule has 26 heavy (non-hydrogen) atoms. The van der Waals surface area contributed by atoms with Gasteiger partial charge in [0.1, 0.15) is 9.79 Å². The fraction of sp³-hybridized carbons (Fsp3) is 0. The highest BCUT2D eigenvalue weighted by molar-refractivity contribution is 7.92. The number of fused-ring (bicyclic) bond motifs is 2. The van der Waals surface area contributed by atoms with E-state index in [9.17, 15) is 31.2 Å². The molecule has 2 aliphatic heterocycles. The van der Waals surface area contributed by atoms with E-state index >= 15 is 0 Å². The number of hydrogen-bond donors (Lipinski definition) is 0. The Kier molecular flexibility index (Phi) is 3.15. The third-order valence-electron chi connectivity index (χ3n) is 3.99. The second-order valence-corrected chi connectivity index (χ2v) is 8.93. The van der Waals surface area contributed by atoms with Gasteiger partial charge in [-0.1, -0.05) is 24.3 Å². The molecule has 4 rings (SSSR count). The minimum atomic E-state index is -4.62. The van der Waals surface area contributed by atoms with Crippen LogP contribution in [0.1, 0.15) is 20.7 Å². The molecule has 0 unspecified atom stereocenters. The third kappa shape index (κ3) is 1.86. The van der Waals surface area contributed by atoms with Crippen molar-refractivity contribution in [3.05, 3.63) is 59.7 Å². The molecule has 0 spiro atoms. The first-order valence-electron chi connectivity index (χ1n) is 7.10. The molecule has 2 heterocycles.